The van der Waals surface area contributed by atoms with Crippen LogP contribution in [0.15, 0.2) is 12.4 Å². The fraction of sp³-hybridized carbons (Fsp3) is 0.545. The minimum absolute atomic E-state index is 0.0673. The zero-order valence-corrected chi connectivity index (χ0v) is 10.1. The third-order valence-corrected chi connectivity index (χ3v) is 2.91. The van der Waals surface area contributed by atoms with Crippen LogP contribution in [0.5, 0.6) is 0 Å². The summed E-state index contributed by atoms with van der Waals surface area (Å²) in [6, 6.07) is -0.474. The van der Waals surface area contributed by atoms with Crippen molar-refractivity contribution in [1.29, 1.82) is 0 Å². The van der Waals surface area contributed by atoms with Gasteiger partial charge in [-0.1, -0.05) is 0 Å². The molecule has 1 aromatic heterocycles. The van der Waals surface area contributed by atoms with E-state index >= 15 is 0 Å². The summed E-state index contributed by atoms with van der Waals surface area (Å²) in [7, 11) is 0. The maximum atomic E-state index is 12.0. The second-order valence-electron chi connectivity index (χ2n) is 4.46. The number of aromatic amines is 1. The van der Waals surface area contributed by atoms with Gasteiger partial charge in [-0.2, -0.15) is 5.10 Å². The van der Waals surface area contributed by atoms with E-state index in [2.05, 4.69) is 15.5 Å². The first kappa shape index (κ1) is 12.4. The molecule has 0 aliphatic heterocycles. The molecule has 0 saturated heterocycles. The highest BCUT2D eigenvalue weighted by Crippen LogP contribution is 2.27. The minimum Gasteiger partial charge on any atom is -0.480 e. The number of urea groups is 1. The molecule has 2 amide bonds. The lowest BCUT2D eigenvalue weighted by molar-refractivity contribution is -0.137. The highest BCUT2D eigenvalue weighted by Gasteiger charge is 2.34. The van der Waals surface area contributed by atoms with Crippen molar-refractivity contribution in [2.45, 2.75) is 31.8 Å². The van der Waals surface area contributed by atoms with Gasteiger partial charge in [0.25, 0.3) is 0 Å². The summed E-state index contributed by atoms with van der Waals surface area (Å²) in [5, 5.41) is 18.0. The largest absolute Gasteiger partial charge is 0.480 e. The Balaban J connectivity index is 1.94. The minimum atomic E-state index is -0.993. The number of rotatable bonds is 5. The van der Waals surface area contributed by atoms with E-state index in [0.29, 0.717) is 0 Å². The van der Waals surface area contributed by atoms with Crippen molar-refractivity contribution in [3.8, 4) is 0 Å². The van der Waals surface area contributed by atoms with Crippen LogP contribution in [0.3, 0.4) is 0 Å². The molecular formula is C11H16N4O3. The summed E-state index contributed by atoms with van der Waals surface area (Å²) in [6.07, 6.45) is 5.08. The number of aliphatic carboxylic acids is 1. The van der Waals surface area contributed by atoms with Gasteiger partial charge in [-0.25, -0.2) is 4.79 Å². The number of carbonyl (C=O) groups is 2. The van der Waals surface area contributed by atoms with E-state index in [1.807, 2.05) is 6.92 Å². The monoisotopic (exact) mass is 252 g/mol. The summed E-state index contributed by atoms with van der Waals surface area (Å²) in [5.41, 5.74) is 0.856. The average molecular weight is 252 g/mol. The van der Waals surface area contributed by atoms with Gasteiger partial charge < -0.3 is 15.3 Å². The van der Waals surface area contributed by atoms with Gasteiger partial charge in [0.15, 0.2) is 0 Å². The third-order valence-electron chi connectivity index (χ3n) is 2.91. The molecule has 0 spiro atoms. The van der Waals surface area contributed by atoms with Crippen LogP contribution in [0.4, 0.5) is 4.79 Å². The standard InChI is InChI=1S/C11H16N4O3/c1-7(8-4-12-13-5-8)14-11(18)15(6-10(16)17)9-2-3-9/h4-5,7,9H,2-3,6H2,1H3,(H,12,13)(H,14,18)(H,16,17). The molecule has 1 aromatic rings. The van der Waals surface area contributed by atoms with Crippen LogP contribution >= 0.6 is 0 Å². The maximum Gasteiger partial charge on any atom is 0.323 e. The molecule has 18 heavy (non-hydrogen) atoms. The van der Waals surface area contributed by atoms with E-state index in [4.69, 9.17) is 5.11 Å². The summed E-state index contributed by atoms with van der Waals surface area (Å²) < 4.78 is 0. The molecule has 1 atom stereocenters. The Morgan fingerprint density at radius 1 is 1.67 bits per heavy atom. The molecule has 0 bridgehead atoms. The van der Waals surface area contributed by atoms with E-state index in [1.165, 1.54) is 4.90 Å². The molecule has 1 aliphatic carbocycles. The van der Waals surface area contributed by atoms with Crippen molar-refractivity contribution in [3.63, 3.8) is 0 Å². The van der Waals surface area contributed by atoms with Crippen molar-refractivity contribution in [3.05, 3.63) is 18.0 Å². The molecular weight excluding hydrogens is 236 g/mol. The highest BCUT2D eigenvalue weighted by atomic mass is 16.4. The van der Waals surface area contributed by atoms with Crippen molar-refractivity contribution < 1.29 is 14.7 Å². The van der Waals surface area contributed by atoms with Gasteiger partial charge in [0, 0.05) is 17.8 Å². The summed E-state index contributed by atoms with van der Waals surface area (Å²) in [4.78, 5) is 24.1. The Morgan fingerprint density at radius 2 is 2.39 bits per heavy atom. The highest BCUT2D eigenvalue weighted by molar-refractivity contribution is 5.81. The smallest absolute Gasteiger partial charge is 0.323 e. The molecule has 98 valence electrons. The van der Waals surface area contributed by atoms with Crippen molar-refractivity contribution in [2.75, 3.05) is 6.54 Å². The molecule has 0 aromatic carbocycles. The van der Waals surface area contributed by atoms with E-state index in [-0.39, 0.29) is 24.7 Å². The SMILES string of the molecule is CC(NC(=O)N(CC(=O)O)C1CC1)c1cn[nH]c1. The summed E-state index contributed by atoms with van der Waals surface area (Å²) in [6.45, 7) is 1.57. The maximum absolute atomic E-state index is 12.0. The Morgan fingerprint density at radius 3 is 2.89 bits per heavy atom. The number of hydrogen-bond donors (Lipinski definition) is 3. The first-order valence-corrected chi connectivity index (χ1v) is 5.85. The van der Waals surface area contributed by atoms with Crippen LogP contribution in [0.1, 0.15) is 31.4 Å². The Labute approximate surface area is 104 Å². The molecule has 1 saturated carbocycles. The van der Waals surface area contributed by atoms with E-state index in [9.17, 15) is 9.59 Å². The number of carboxylic acid groups (broad SMARTS) is 1. The van der Waals surface area contributed by atoms with Crippen LogP contribution in [-0.2, 0) is 4.79 Å². The lowest BCUT2D eigenvalue weighted by atomic mass is 10.2. The van der Waals surface area contributed by atoms with Gasteiger partial charge in [0.2, 0.25) is 0 Å². The van der Waals surface area contributed by atoms with Gasteiger partial charge in [-0.15, -0.1) is 0 Å². The van der Waals surface area contributed by atoms with Crippen molar-refractivity contribution in [2.24, 2.45) is 0 Å². The normalized spacial score (nSPS) is 16.1. The predicted octanol–water partition coefficient (Wildman–Crippen LogP) is 0.729. The summed E-state index contributed by atoms with van der Waals surface area (Å²) >= 11 is 0. The summed E-state index contributed by atoms with van der Waals surface area (Å²) in [5.74, 6) is -0.993. The average Bonchev–Trinajstić information content (AvgIpc) is 2.99. The number of carbonyl (C=O) groups excluding carboxylic acids is 1. The van der Waals surface area contributed by atoms with Gasteiger partial charge >= 0.3 is 12.0 Å². The molecule has 1 fully saturated rings. The van der Waals surface area contributed by atoms with Crippen LogP contribution in [0.2, 0.25) is 0 Å². The fourth-order valence-electron chi connectivity index (χ4n) is 1.75. The van der Waals surface area contributed by atoms with Gasteiger partial charge in [-0.05, 0) is 19.8 Å². The molecule has 0 radical (unpaired) electrons. The van der Waals surface area contributed by atoms with Gasteiger partial charge in [0.05, 0.1) is 12.2 Å². The van der Waals surface area contributed by atoms with Gasteiger partial charge in [0.1, 0.15) is 6.54 Å². The topological polar surface area (TPSA) is 98.3 Å². The van der Waals surface area contributed by atoms with Crippen LogP contribution in [-0.4, -0.2) is 44.8 Å². The molecule has 3 N–H and O–H groups in total. The van der Waals surface area contributed by atoms with E-state index < -0.39 is 5.97 Å². The molecule has 7 heteroatoms. The van der Waals surface area contributed by atoms with Crippen LogP contribution in [0.25, 0.3) is 0 Å². The number of H-pyrrole nitrogens is 1. The number of amides is 2. The van der Waals surface area contributed by atoms with E-state index in [0.717, 1.165) is 18.4 Å². The lowest BCUT2D eigenvalue weighted by Crippen LogP contribution is -2.44. The third kappa shape index (κ3) is 2.99. The van der Waals surface area contributed by atoms with Gasteiger partial charge in [-0.3, -0.25) is 9.89 Å². The zero-order valence-electron chi connectivity index (χ0n) is 10.1. The molecule has 1 unspecified atom stereocenters. The number of carboxylic acids is 1. The Bertz CT molecular complexity index is 428. The zero-order chi connectivity index (χ0) is 13.1. The molecule has 2 rings (SSSR count). The molecule has 1 heterocycles. The predicted molar refractivity (Wildman–Crippen MR) is 62.9 cm³/mol. The van der Waals surface area contributed by atoms with Crippen LogP contribution < -0.4 is 5.32 Å². The number of hydrogen-bond acceptors (Lipinski definition) is 3. The van der Waals surface area contributed by atoms with E-state index in [1.54, 1.807) is 12.4 Å². The van der Waals surface area contributed by atoms with Crippen molar-refractivity contribution in [1.82, 2.24) is 20.4 Å². The quantitative estimate of drug-likeness (QED) is 0.719. The second kappa shape index (κ2) is 5.07. The number of nitrogens with one attached hydrogen (secondary N) is 2. The second-order valence-corrected chi connectivity index (χ2v) is 4.46. The molecule has 1 aliphatic rings. The Kier molecular flexibility index (Phi) is 3.50. The lowest BCUT2D eigenvalue weighted by Gasteiger charge is -2.23. The fourth-order valence-corrected chi connectivity index (χ4v) is 1.75. The first-order chi connectivity index (χ1) is 8.58. The van der Waals surface area contributed by atoms with Crippen molar-refractivity contribution >= 4 is 12.0 Å². The number of aromatic nitrogens is 2. The molecule has 7 nitrogen and oxygen atoms in total. The number of nitrogens with zero attached hydrogens (tertiary/aromatic N) is 2. The Hall–Kier alpha value is -2.05. The van der Waals surface area contributed by atoms with Crippen LogP contribution in [0, 0.1) is 0 Å². The first-order valence-electron chi connectivity index (χ1n) is 5.85.